The van der Waals surface area contributed by atoms with Crippen LogP contribution in [0.25, 0.3) is 0 Å². The second-order valence-corrected chi connectivity index (χ2v) is 4.36. The Balaban J connectivity index is 2.34. The third-order valence-electron chi connectivity index (χ3n) is 2.11. The van der Waals surface area contributed by atoms with Crippen LogP contribution in [0.3, 0.4) is 0 Å². The fraction of sp³-hybridized carbons (Fsp3) is 0. The van der Waals surface area contributed by atoms with Gasteiger partial charge in [0.05, 0.1) is 9.82 Å². The Labute approximate surface area is 107 Å². The van der Waals surface area contributed by atoms with Crippen molar-refractivity contribution in [1.29, 1.82) is 5.26 Å². The molecule has 88 valence electrons. The summed E-state index contributed by atoms with van der Waals surface area (Å²) in [4.78, 5) is 15.0. The molecular weight excluding hydrogens is 250 g/mol. The smallest absolute Gasteiger partial charge is 0.258 e. The molecule has 0 saturated heterocycles. The van der Waals surface area contributed by atoms with Gasteiger partial charge in [-0.3, -0.25) is 10.1 Å². The van der Waals surface area contributed by atoms with E-state index in [0.29, 0.717) is 15.6 Å². The maximum Gasteiger partial charge on any atom is 0.283 e. The van der Waals surface area contributed by atoms with Crippen LogP contribution in [0.5, 0.6) is 0 Å². The molecule has 0 aliphatic heterocycles. The van der Waals surface area contributed by atoms with E-state index in [4.69, 9.17) is 5.26 Å². The largest absolute Gasteiger partial charge is 0.283 e. The topological polar surface area (TPSA) is 79.8 Å². The lowest BCUT2D eigenvalue weighted by Crippen LogP contribution is -1.91. The van der Waals surface area contributed by atoms with Gasteiger partial charge in [0.2, 0.25) is 0 Å². The Hall–Kier alpha value is -2.39. The van der Waals surface area contributed by atoms with Crippen molar-refractivity contribution in [2.24, 2.45) is 0 Å². The summed E-state index contributed by atoms with van der Waals surface area (Å²) in [6.07, 6.45) is 0. The van der Waals surface area contributed by atoms with Crippen LogP contribution >= 0.6 is 11.8 Å². The zero-order valence-corrected chi connectivity index (χ0v) is 9.92. The first kappa shape index (κ1) is 12.1. The molecule has 1 aromatic carbocycles. The van der Waals surface area contributed by atoms with Crippen molar-refractivity contribution < 1.29 is 4.92 Å². The van der Waals surface area contributed by atoms with Crippen molar-refractivity contribution in [2.45, 2.75) is 9.92 Å². The van der Waals surface area contributed by atoms with E-state index in [-0.39, 0.29) is 5.69 Å². The van der Waals surface area contributed by atoms with Crippen LogP contribution in [0.4, 0.5) is 5.69 Å². The van der Waals surface area contributed by atoms with Crippen LogP contribution < -0.4 is 0 Å². The summed E-state index contributed by atoms with van der Waals surface area (Å²) < 4.78 is 0. The van der Waals surface area contributed by atoms with Gasteiger partial charge in [-0.2, -0.15) is 5.26 Å². The molecule has 0 N–H and O–H groups in total. The van der Waals surface area contributed by atoms with E-state index in [0.717, 1.165) is 0 Å². The minimum Gasteiger partial charge on any atom is -0.258 e. The van der Waals surface area contributed by atoms with Gasteiger partial charge >= 0.3 is 0 Å². The van der Waals surface area contributed by atoms with E-state index in [1.165, 1.54) is 17.8 Å². The number of para-hydroxylation sites is 1. The molecule has 0 aliphatic carbocycles. The molecule has 6 heteroatoms. The highest BCUT2D eigenvalue weighted by Crippen LogP contribution is 2.33. The van der Waals surface area contributed by atoms with Gasteiger partial charge in [-0.1, -0.05) is 30.0 Å². The van der Waals surface area contributed by atoms with Crippen LogP contribution in [0.2, 0.25) is 0 Å². The predicted octanol–water partition coefficient (Wildman–Crippen LogP) is 3.01. The molecular formula is C12H7N3O2S. The van der Waals surface area contributed by atoms with Gasteiger partial charge in [-0.25, -0.2) is 4.98 Å². The number of hydrogen-bond donors (Lipinski definition) is 0. The van der Waals surface area contributed by atoms with Gasteiger partial charge in [0.15, 0.2) is 0 Å². The van der Waals surface area contributed by atoms with E-state index in [1.54, 1.807) is 36.4 Å². The summed E-state index contributed by atoms with van der Waals surface area (Å²) in [6, 6.07) is 13.4. The second-order valence-electron chi connectivity index (χ2n) is 3.30. The number of nitro groups is 1. The van der Waals surface area contributed by atoms with E-state index in [2.05, 4.69) is 4.98 Å². The zero-order chi connectivity index (χ0) is 13.0. The highest BCUT2D eigenvalue weighted by atomic mass is 32.2. The molecule has 0 atom stereocenters. The van der Waals surface area contributed by atoms with Gasteiger partial charge in [-0.05, 0) is 18.2 Å². The first-order chi connectivity index (χ1) is 8.70. The van der Waals surface area contributed by atoms with Crippen LogP contribution in [0.1, 0.15) is 5.69 Å². The number of pyridine rings is 1. The number of rotatable bonds is 3. The number of benzene rings is 1. The monoisotopic (exact) mass is 257 g/mol. The van der Waals surface area contributed by atoms with Crippen LogP contribution in [0.15, 0.2) is 52.4 Å². The third-order valence-corrected chi connectivity index (χ3v) is 3.12. The average molecular weight is 257 g/mol. The van der Waals surface area contributed by atoms with E-state index in [9.17, 15) is 10.1 Å². The molecule has 1 aromatic heterocycles. The summed E-state index contributed by atoms with van der Waals surface area (Å²) in [5.41, 5.74) is 0.324. The lowest BCUT2D eigenvalue weighted by Gasteiger charge is -2.01. The van der Waals surface area contributed by atoms with Gasteiger partial charge in [0.25, 0.3) is 5.69 Å². The first-order valence-electron chi connectivity index (χ1n) is 4.99. The van der Waals surface area contributed by atoms with Crippen LogP contribution in [-0.2, 0) is 0 Å². The molecule has 0 spiro atoms. The first-order valence-corrected chi connectivity index (χ1v) is 5.81. The van der Waals surface area contributed by atoms with Crippen molar-refractivity contribution >= 4 is 17.4 Å². The Morgan fingerprint density at radius 1 is 1.22 bits per heavy atom. The number of nitrogens with zero attached hydrogens (tertiary/aromatic N) is 3. The normalized spacial score (nSPS) is 9.72. The third kappa shape index (κ3) is 2.64. The summed E-state index contributed by atoms with van der Waals surface area (Å²) in [6.45, 7) is 0. The minimum atomic E-state index is -0.434. The highest BCUT2D eigenvalue weighted by Gasteiger charge is 2.14. The fourth-order valence-electron chi connectivity index (χ4n) is 1.34. The number of hydrogen-bond acceptors (Lipinski definition) is 5. The van der Waals surface area contributed by atoms with Gasteiger partial charge < -0.3 is 0 Å². The van der Waals surface area contributed by atoms with Crippen molar-refractivity contribution in [3.8, 4) is 6.07 Å². The summed E-state index contributed by atoms with van der Waals surface area (Å²) in [7, 11) is 0. The lowest BCUT2D eigenvalue weighted by molar-refractivity contribution is -0.387. The molecule has 2 rings (SSSR count). The Morgan fingerprint density at radius 2 is 2.00 bits per heavy atom. The predicted molar refractivity (Wildman–Crippen MR) is 66.2 cm³/mol. The molecule has 18 heavy (non-hydrogen) atoms. The molecule has 0 amide bonds. The van der Waals surface area contributed by atoms with E-state index < -0.39 is 4.92 Å². The Morgan fingerprint density at radius 3 is 2.72 bits per heavy atom. The van der Waals surface area contributed by atoms with Gasteiger partial charge in [0, 0.05) is 6.07 Å². The molecule has 0 aliphatic rings. The van der Waals surface area contributed by atoms with Crippen molar-refractivity contribution in [3.63, 3.8) is 0 Å². The van der Waals surface area contributed by atoms with Crippen molar-refractivity contribution in [2.75, 3.05) is 0 Å². The van der Waals surface area contributed by atoms with Gasteiger partial charge in [-0.15, -0.1) is 0 Å². The molecule has 2 aromatic rings. The summed E-state index contributed by atoms with van der Waals surface area (Å²) in [5.74, 6) is 0. The minimum absolute atomic E-state index is 0.0339. The second kappa shape index (κ2) is 5.29. The molecule has 1 heterocycles. The number of nitro benzene ring substituents is 1. The average Bonchev–Trinajstić information content (AvgIpc) is 2.39. The standard InChI is InChI=1S/C12H7N3O2S/c13-8-9-4-3-7-12(14-9)18-11-6-2-1-5-10(11)15(16)17/h1-7H. The lowest BCUT2D eigenvalue weighted by atomic mass is 10.3. The molecule has 0 fully saturated rings. The molecule has 0 unspecified atom stereocenters. The SMILES string of the molecule is N#Cc1cccc(Sc2ccccc2[N+](=O)[O-])n1. The van der Waals surface area contributed by atoms with Crippen molar-refractivity contribution in [3.05, 3.63) is 58.3 Å². The van der Waals surface area contributed by atoms with Crippen LogP contribution in [-0.4, -0.2) is 9.91 Å². The number of nitriles is 1. The molecule has 5 nitrogen and oxygen atoms in total. The van der Waals surface area contributed by atoms with Crippen LogP contribution in [0, 0.1) is 21.4 Å². The Bertz CT molecular complexity index is 637. The molecule has 0 bridgehead atoms. The quantitative estimate of drug-likeness (QED) is 0.623. The van der Waals surface area contributed by atoms with Gasteiger partial charge in [0.1, 0.15) is 16.8 Å². The maximum absolute atomic E-state index is 10.9. The van der Waals surface area contributed by atoms with E-state index in [1.807, 2.05) is 6.07 Å². The maximum atomic E-state index is 10.9. The Kier molecular flexibility index (Phi) is 3.55. The van der Waals surface area contributed by atoms with Crippen molar-refractivity contribution in [1.82, 2.24) is 4.98 Å². The molecule has 0 saturated carbocycles. The summed E-state index contributed by atoms with van der Waals surface area (Å²) >= 11 is 1.17. The highest BCUT2D eigenvalue weighted by molar-refractivity contribution is 7.99. The summed E-state index contributed by atoms with van der Waals surface area (Å²) in [5, 5.41) is 20.2. The number of aromatic nitrogens is 1. The molecule has 0 radical (unpaired) electrons. The fourth-order valence-corrected chi connectivity index (χ4v) is 2.25. The van der Waals surface area contributed by atoms with E-state index >= 15 is 0 Å². The zero-order valence-electron chi connectivity index (χ0n) is 9.11.